The second kappa shape index (κ2) is 6.22. The van der Waals surface area contributed by atoms with Gasteiger partial charge in [0.2, 0.25) is 4.80 Å². The average molecular weight is 331 g/mol. The van der Waals surface area contributed by atoms with Crippen molar-refractivity contribution in [2.75, 3.05) is 0 Å². The number of carbonyl (C=O) groups is 1. The highest BCUT2D eigenvalue weighted by molar-refractivity contribution is 7.03. The van der Waals surface area contributed by atoms with Crippen LogP contribution in [0, 0.1) is 0 Å². The Kier molecular flexibility index (Phi) is 3.76. The van der Waals surface area contributed by atoms with Gasteiger partial charge in [0, 0.05) is 11.8 Å². The predicted octanol–water partition coefficient (Wildman–Crippen LogP) is 3.80. The quantitative estimate of drug-likeness (QED) is 0.561. The van der Waals surface area contributed by atoms with Gasteiger partial charge in [-0.15, -0.1) is 0 Å². The van der Waals surface area contributed by atoms with Crippen LogP contribution in [-0.2, 0) is 0 Å². The highest BCUT2D eigenvalue weighted by Crippen LogP contribution is 2.19. The number of benzene rings is 2. The molecule has 0 bridgehead atoms. The first-order valence-electron chi connectivity index (χ1n) is 7.49. The summed E-state index contributed by atoms with van der Waals surface area (Å²) in [7, 11) is 0. The van der Waals surface area contributed by atoms with Crippen LogP contribution >= 0.6 is 11.5 Å². The average Bonchev–Trinajstić information content (AvgIpc) is 3.04. The number of rotatable bonds is 2. The second-order valence-corrected chi connectivity index (χ2v) is 6.18. The first-order chi connectivity index (χ1) is 11.8. The Morgan fingerprint density at radius 3 is 2.33 bits per heavy atom. The fraction of sp³-hybridized carbons (Fsp3) is 0. The summed E-state index contributed by atoms with van der Waals surface area (Å²) in [5, 5.41) is 0. The van der Waals surface area contributed by atoms with Crippen molar-refractivity contribution >= 4 is 23.1 Å². The minimum atomic E-state index is -0.279. The summed E-state index contributed by atoms with van der Waals surface area (Å²) < 4.78 is 1.93. The SMILES string of the molecule is O=C(N=c1nc2ccc(-c3ccccc3)cn2s1)c1ccccc1. The summed E-state index contributed by atoms with van der Waals surface area (Å²) >= 11 is 1.35. The Labute approximate surface area is 142 Å². The van der Waals surface area contributed by atoms with E-state index in [0.29, 0.717) is 10.4 Å². The summed E-state index contributed by atoms with van der Waals surface area (Å²) in [4.78, 5) is 21.1. The number of carbonyl (C=O) groups excluding carboxylic acids is 1. The van der Waals surface area contributed by atoms with Gasteiger partial charge in [0.25, 0.3) is 5.91 Å². The highest BCUT2D eigenvalue weighted by atomic mass is 32.1. The first-order valence-corrected chi connectivity index (χ1v) is 8.26. The fourth-order valence-electron chi connectivity index (χ4n) is 2.42. The zero-order valence-electron chi connectivity index (χ0n) is 12.7. The third-order valence-corrected chi connectivity index (χ3v) is 4.44. The number of pyridine rings is 1. The lowest BCUT2D eigenvalue weighted by molar-refractivity contribution is 0.0998. The van der Waals surface area contributed by atoms with Crippen LogP contribution in [0.1, 0.15) is 10.4 Å². The number of hydrogen-bond acceptors (Lipinski definition) is 3. The van der Waals surface area contributed by atoms with Crippen molar-refractivity contribution in [3.8, 4) is 11.1 Å². The molecule has 4 rings (SSSR count). The Hall–Kier alpha value is -3.05. The van der Waals surface area contributed by atoms with E-state index in [9.17, 15) is 4.79 Å². The molecule has 2 aromatic heterocycles. The lowest BCUT2D eigenvalue weighted by Gasteiger charge is -2.01. The van der Waals surface area contributed by atoms with Gasteiger partial charge in [-0.25, -0.2) is 0 Å². The van der Waals surface area contributed by atoms with Crippen molar-refractivity contribution in [1.82, 2.24) is 8.77 Å². The molecule has 116 valence electrons. The van der Waals surface area contributed by atoms with Crippen LogP contribution in [0.2, 0.25) is 0 Å². The molecule has 0 atom stereocenters. The molecule has 1 amide bonds. The van der Waals surface area contributed by atoms with E-state index < -0.39 is 0 Å². The van der Waals surface area contributed by atoms with Gasteiger partial charge < -0.3 is 0 Å². The van der Waals surface area contributed by atoms with E-state index in [0.717, 1.165) is 16.8 Å². The van der Waals surface area contributed by atoms with E-state index in [4.69, 9.17) is 0 Å². The summed E-state index contributed by atoms with van der Waals surface area (Å²) in [6.07, 6.45) is 2.01. The Morgan fingerprint density at radius 2 is 1.58 bits per heavy atom. The molecule has 0 saturated carbocycles. The molecule has 0 fully saturated rings. The molecule has 0 aliphatic heterocycles. The number of hydrogen-bond donors (Lipinski definition) is 0. The first kappa shape index (κ1) is 14.5. The van der Waals surface area contributed by atoms with Crippen molar-refractivity contribution in [2.45, 2.75) is 0 Å². The van der Waals surface area contributed by atoms with E-state index >= 15 is 0 Å². The van der Waals surface area contributed by atoms with Gasteiger partial charge in [-0.05, 0) is 46.9 Å². The number of aromatic nitrogens is 2. The number of fused-ring (bicyclic) bond motifs is 1. The van der Waals surface area contributed by atoms with E-state index in [1.807, 2.05) is 58.5 Å². The summed E-state index contributed by atoms with van der Waals surface area (Å²) in [6.45, 7) is 0. The molecule has 4 aromatic rings. The van der Waals surface area contributed by atoms with Crippen LogP contribution in [0.4, 0.5) is 0 Å². The van der Waals surface area contributed by atoms with Crippen LogP contribution in [0.3, 0.4) is 0 Å². The molecule has 2 aromatic carbocycles. The highest BCUT2D eigenvalue weighted by Gasteiger charge is 2.05. The van der Waals surface area contributed by atoms with Gasteiger partial charge in [-0.2, -0.15) is 9.98 Å². The van der Waals surface area contributed by atoms with Gasteiger partial charge in [-0.1, -0.05) is 48.5 Å². The largest absolute Gasteiger partial charge is 0.279 e. The summed E-state index contributed by atoms with van der Waals surface area (Å²) in [5.74, 6) is -0.279. The molecule has 24 heavy (non-hydrogen) atoms. The smallest absolute Gasteiger partial charge is 0.267 e. The number of amides is 1. The molecular weight excluding hydrogens is 318 g/mol. The molecule has 2 heterocycles. The van der Waals surface area contributed by atoms with Gasteiger partial charge in [0.15, 0.2) is 0 Å². The van der Waals surface area contributed by atoms with Crippen molar-refractivity contribution in [3.05, 3.63) is 89.4 Å². The molecule has 0 radical (unpaired) electrons. The van der Waals surface area contributed by atoms with E-state index in [1.165, 1.54) is 11.5 Å². The molecule has 0 spiro atoms. The van der Waals surface area contributed by atoms with Gasteiger partial charge >= 0.3 is 0 Å². The molecule has 0 unspecified atom stereocenters. The van der Waals surface area contributed by atoms with E-state index in [-0.39, 0.29) is 5.91 Å². The summed E-state index contributed by atoms with van der Waals surface area (Å²) in [5.41, 5.74) is 3.57. The van der Waals surface area contributed by atoms with Crippen LogP contribution < -0.4 is 4.80 Å². The molecule has 0 aliphatic rings. The Bertz CT molecular complexity index is 1070. The second-order valence-electron chi connectivity index (χ2n) is 5.24. The maximum atomic E-state index is 12.2. The normalized spacial score (nSPS) is 11.8. The maximum absolute atomic E-state index is 12.2. The molecule has 0 aliphatic carbocycles. The zero-order valence-corrected chi connectivity index (χ0v) is 13.5. The topological polar surface area (TPSA) is 46.7 Å². The molecule has 0 N–H and O–H groups in total. The Balaban J connectivity index is 1.74. The third-order valence-electron chi connectivity index (χ3n) is 3.61. The van der Waals surface area contributed by atoms with Crippen LogP contribution in [0.5, 0.6) is 0 Å². The van der Waals surface area contributed by atoms with Gasteiger partial charge in [-0.3, -0.25) is 8.58 Å². The van der Waals surface area contributed by atoms with Gasteiger partial charge in [0.1, 0.15) is 5.65 Å². The standard InChI is InChI=1S/C19H13N3OS/c23-18(15-9-5-2-6-10-15)21-19-20-17-12-11-16(13-22(17)24-19)14-7-3-1-4-8-14/h1-13H. The number of nitrogens with zero attached hydrogens (tertiary/aromatic N) is 3. The van der Waals surface area contributed by atoms with Crippen LogP contribution in [0.15, 0.2) is 84.0 Å². The van der Waals surface area contributed by atoms with Crippen LogP contribution in [0.25, 0.3) is 16.8 Å². The lowest BCUT2D eigenvalue weighted by Crippen LogP contribution is -2.04. The molecular formula is C19H13N3OS. The van der Waals surface area contributed by atoms with Crippen molar-refractivity contribution in [2.24, 2.45) is 4.99 Å². The minimum Gasteiger partial charge on any atom is -0.267 e. The van der Waals surface area contributed by atoms with Crippen molar-refractivity contribution in [3.63, 3.8) is 0 Å². The van der Waals surface area contributed by atoms with Gasteiger partial charge in [0.05, 0.1) is 0 Å². The molecule has 5 heteroatoms. The lowest BCUT2D eigenvalue weighted by atomic mass is 10.1. The monoisotopic (exact) mass is 331 g/mol. The van der Waals surface area contributed by atoms with E-state index in [2.05, 4.69) is 22.1 Å². The van der Waals surface area contributed by atoms with Crippen molar-refractivity contribution < 1.29 is 4.79 Å². The fourth-order valence-corrected chi connectivity index (χ4v) is 3.21. The molecule has 4 nitrogen and oxygen atoms in total. The maximum Gasteiger partial charge on any atom is 0.279 e. The predicted molar refractivity (Wildman–Crippen MR) is 94.8 cm³/mol. The summed E-state index contributed by atoms with van der Waals surface area (Å²) in [6, 6.07) is 23.1. The van der Waals surface area contributed by atoms with Crippen LogP contribution in [-0.4, -0.2) is 14.7 Å². The minimum absolute atomic E-state index is 0.279. The third kappa shape index (κ3) is 2.89. The molecule has 0 saturated heterocycles. The van der Waals surface area contributed by atoms with Crippen molar-refractivity contribution in [1.29, 1.82) is 0 Å². The zero-order chi connectivity index (χ0) is 16.4. The van der Waals surface area contributed by atoms with E-state index in [1.54, 1.807) is 12.1 Å². The Morgan fingerprint density at radius 1 is 0.875 bits per heavy atom.